The van der Waals surface area contributed by atoms with Gasteiger partial charge in [-0.3, -0.25) is 4.52 Å². The Kier molecular flexibility index (Phi) is 6.79. The number of aliphatic hydroxyl groups is 2. The van der Waals surface area contributed by atoms with Gasteiger partial charge in [0.05, 0.1) is 25.4 Å². The summed E-state index contributed by atoms with van der Waals surface area (Å²) in [7, 11) is -2.89. The number of ether oxygens (including phenoxy) is 3. The minimum Gasteiger partial charge on any atom is -0.388 e. The second-order valence-electron chi connectivity index (χ2n) is 5.64. The summed E-state index contributed by atoms with van der Waals surface area (Å²) in [5.41, 5.74) is 12.4. The number of hydrogen-bond acceptors (Lipinski definition) is 10. The van der Waals surface area contributed by atoms with Crippen LogP contribution in [0, 0.1) is 5.53 Å². The molecule has 0 aliphatic carbocycles. The summed E-state index contributed by atoms with van der Waals surface area (Å²) >= 11 is 0. The van der Waals surface area contributed by atoms with Crippen molar-refractivity contribution in [2.75, 3.05) is 20.3 Å². The smallest absolute Gasteiger partial charge is 0.388 e. The normalized spacial score (nSPS) is 42.1. The van der Waals surface area contributed by atoms with Crippen molar-refractivity contribution >= 4 is 7.75 Å². The molecule has 12 nitrogen and oxygen atoms in total. The minimum absolute atomic E-state index is 0.0625. The SMILES string of the molecule is COC[C@H]1O[C@@H](N)[C@@H](O)C1NP(=O)(O)OC[C@@H]1C[C@H](O)[C@H](N=N)O1. The predicted molar refractivity (Wildman–Crippen MR) is 77.9 cm³/mol. The van der Waals surface area contributed by atoms with Crippen molar-refractivity contribution in [3.63, 3.8) is 0 Å². The summed E-state index contributed by atoms with van der Waals surface area (Å²) in [6.07, 6.45) is -5.47. The number of methoxy groups -OCH3 is 1. The molecule has 0 spiro atoms. The summed E-state index contributed by atoms with van der Waals surface area (Å²) in [5, 5.41) is 24.9. The van der Waals surface area contributed by atoms with E-state index in [-0.39, 0.29) is 19.6 Å². The first kappa shape index (κ1) is 19.8. The van der Waals surface area contributed by atoms with Crippen LogP contribution in [0.25, 0.3) is 0 Å². The van der Waals surface area contributed by atoms with Crippen molar-refractivity contribution in [1.82, 2.24) is 5.09 Å². The van der Waals surface area contributed by atoms with Gasteiger partial charge in [-0.25, -0.2) is 15.2 Å². The fourth-order valence-electron chi connectivity index (χ4n) is 2.62. The molecule has 140 valence electrons. The Bertz CT molecular complexity index is 485. The highest BCUT2D eigenvalue weighted by atomic mass is 31.2. The third kappa shape index (κ3) is 4.76. The monoisotopic (exact) mass is 370 g/mol. The molecule has 0 bridgehead atoms. The molecule has 2 fully saturated rings. The largest absolute Gasteiger partial charge is 0.403 e. The molecule has 2 aliphatic heterocycles. The van der Waals surface area contributed by atoms with E-state index in [0.29, 0.717) is 0 Å². The van der Waals surface area contributed by atoms with Gasteiger partial charge in [0.25, 0.3) is 0 Å². The zero-order chi connectivity index (χ0) is 17.9. The Morgan fingerprint density at radius 3 is 2.71 bits per heavy atom. The molecule has 0 saturated carbocycles. The van der Waals surface area contributed by atoms with Crippen molar-refractivity contribution in [3.8, 4) is 0 Å². The minimum atomic E-state index is -4.31. The first-order chi connectivity index (χ1) is 11.3. The van der Waals surface area contributed by atoms with Crippen LogP contribution in [-0.2, 0) is 23.3 Å². The van der Waals surface area contributed by atoms with Crippen molar-refractivity contribution < 1.29 is 38.4 Å². The van der Waals surface area contributed by atoms with Gasteiger partial charge in [-0.1, -0.05) is 0 Å². The molecule has 2 heterocycles. The maximum atomic E-state index is 12.2. The fraction of sp³-hybridized carbons (Fsp3) is 1.00. The number of nitrogens with zero attached hydrogens (tertiary/aromatic N) is 1. The lowest BCUT2D eigenvalue weighted by molar-refractivity contribution is -0.0165. The highest BCUT2D eigenvalue weighted by molar-refractivity contribution is 7.50. The number of aliphatic hydroxyl groups excluding tert-OH is 2. The maximum absolute atomic E-state index is 12.2. The van der Waals surface area contributed by atoms with Crippen LogP contribution in [0.2, 0.25) is 0 Å². The molecule has 0 amide bonds. The van der Waals surface area contributed by atoms with Crippen molar-refractivity contribution in [3.05, 3.63) is 0 Å². The van der Waals surface area contributed by atoms with E-state index in [9.17, 15) is 19.7 Å². The van der Waals surface area contributed by atoms with Gasteiger partial charge < -0.3 is 35.1 Å². The molecule has 0 aromatic carbocycles. The molecule has 7 N–H and O–H groups in total. The number of rotatable bonds is 8. The fourth-order valence-corrected chi connectivity index (χ4v) is 3.76. The zero-order valence-electron chi connectivity index (χ0n) is 13.0. The molecule has 8 atom stereocenters. The Morgan fingerprint density at radius 1 is 1.42 bits per heavy atom. The molecule has 0 aromatic heterocycles. The lowest BCUT2D eigenvalue weighted by atomic mass is 10.1. The standard InChI is InChI=1S/C11H23N4O8P/c1-20-4-7-8(9(17)10(12)23-7)15-24(18,19)21-3-5-2-6(16)11(14-13)22-5/h5-11,13,16-17H,2-4,12H2,1H3,(H2,15,18,19)/t5-,6-,7+,8?,9-,10+,11+/m0/s1. The molecule has 24 heavy (non-hydrogen) atoms. The van der Waals surface area contributed by atoms with Gasteiger partial charge in [-0.05, 0) is 0 Å². The predicted octanol–water partition coefficient (Wildman–Crippen LogP) is -1.74. The van der Waals surface area contributed by atoms with Crippen LogP contribution in [0.3, 0.4) is 0 Å². The average Bonchev–Trinajstić information content (AvgIpc) is 3.00. The number of nitrogens with two attached hydrogens (primary N) is 1. The molecule has 2 rings (SSSR count). The molecule has 2 unspecified atom stereocenters. The Morgan fingerprint density at radius 2 is 2.12 bits per heavy atom. The molecular weight excluding hydrogens is 347 g/mol. The lowest BCUT2D eigenvalue weighted by Crippen LogP contribution is -2.46. The summed E-state index contributed by atoms with van der Waals surface area (Å²) in [5.74, 6) is 0. The van der Waals surface area contributed by atoms with E-state index in [1.54, 1.807) is 0 Å². The van der Waals surface area contributed by atoms with Gasteiger partial charge >= 0.3 is 7.75 Å². The van der Waals surface area contributed by atoms with Gasteiger partial charge in [-0.2, -0.15) is 5.11 Å². The molecule has 2 aliphatic rings. The molecule has 0 radical (unpaired) electrons. The van der Waals surface area contributed by atoms with E-state index in [1.807, 2.05) is 0 Å². The summed E-state index contributed by atoms with van der Waals surface area (Å²) in [6.45, 7) is -0.235. The second kappa shape index (κ2) is 8.23. The van der Waals surface area contributed by atoms with E-state index in [4.69, 9.17) is 30.0 Å². The van der Waals surface area contributed by atoms with Crippen LogP contribution in [0.5, 0.6) is 0 Å². The average molecular weight is 370 g/mol. The van der Waals surface area contributed by atoms with Gasteiger partial charge in [0, 0.05) is 13.5 Å². The van der Waals surface area contributed by atoms with Gasteiger partial charge in [0.15, 0.2) is 6.23 Å². The van der Waals surface area contributed by atoms with Crippen molar-refractivity contribution in [2.45, 2.75) is 49.3 Å². The Hall–Kier alpha value is -0.530. The van der Waals surface area contributed by atoms with Crippen LogP contribution in [0.15, 0.2) is 5.11 Å². The quantitative estimate of drug-likeness (QED) is 0.211. The Labute approximate surface area is 138 Å². The summed E-state index contributed by atoms with van der Waals surface area (Å²) in [6, 6.07) is -0.957. The third-order valence-electron chi connectivity index (χ3n) is 3.81. The van der Waals surface area contributed by atoms with Gasteiger partial charge in [0.1, 0.15) is 24.5 Å². The number of hydrogen-bond donors (Lipinski definition) is 6. The van der Waals surface area contributed by atoms with Crippen LogP contribution < -0.4 is 10.8 Å². The lowest BCUT2D eigenvalue weighted by Gasteiger charge is -2.24. The molecular formula is C11H23N4O8P. The number of nitrogens with one attached hydrogen (secondary N) is 2. The first-order valence-corrected chi connectivity index (χ1v) is 8.88. The van der Waals surface area contributed by atoms with Gasteiger partial charge in [0.2, 0.25) is 0 Å². The van der Waals surface area contributed by atoms with Gasteiger partial charge in [-0.15, -0.1) is 0 Å². The topological polar surface area (TPSA) is 189 Å². The summed E-state index contributed by atoms with van der Waals surface area (Å²) < 4.78 is 32.5. The van der Waals surface area contributed by atoms with E-state index < -0.39 is 50.7 Å². The van der Waals surface area contributed by atoms with E-state index in [2.05, 4.69) is 10.2 Å². The molecule has 13 heteroatoms. The third-order valence-corrected chi connectivity index (χ3v) is 4.93. The van der Waals surface area contributed by atoms with E-state index >= 15 is 0 Å². The second-order valence-corrected chi connectivity index (χ2v) is 7.19. The first-order valence-electron chi connectivity index (χ1n) is 7.30. The van der Waals surface area contributed by atoms with Crippen molar-refractivity contribution in [2.24, 2.45) is 10.8 Å². The maximum Gasteiger partial charge on any atom is 0.403 e. The summed E-state index contributed by atoms with van der Waals surface area (Å²) in [4.78, 5) is 9.91. The van der Waals surface area contributed by atoms with Crippen LogP contribution in [0.1, 0.15) is 6.42 Å². The van der Waals surface area contributed by atoms with E-state index in [0.717, 1.165) is 0 Å². The van der Waals surface area contributed by atoms with Crippen molar-refractivity contribution in [1.29, 1.82) is 5.53 Å². The Balaban J connectivity index is 1.88. The van der Waals surface area contributed by atoms with E-state index in [1.165, 1.54) is 7.11 Å². The highest BCUT2D eigenvalue weighted by Gasteiger charge is 2.45. The molecule has 0 aromatic rings. The van der Waals surface area contributed by atoms with Crippen LogP contribution in [-0.4, -0.2) is 78.3 Å². The highest BCUT2D eigenvalue weighted by Crippen LogP contribution is 2.40. The molecule has 2 saturated heterocycles. The van der Waals surface area contributed by atoms with Crippen LogP contribution >= 0.6 is 7.75 Å². The van der Waals surface area contributed by atoms with Crippen LogP contribution in [0.4, 0.5) is 0 Å². The zero-order valence-corrected chi connectivity index (χ0v) is 13.9.